The maximum Gasteiger partial charge on any atom is 0.183 e. The summed E-state index contributed by atoms with van der Waals surface area (Å²) in [6.45, 7) is 4.91. The molecule has 3 heteroatoms. The van der Waals surface area contributed by atoms with Crippen molar-refractivity contribution < 1.29 is 14.3 Å². The first kappa shape index (κ1) is 14.2. The molecular formula is C16H22O3. The second kappa shape index (κ2) is 6.31. The second-order valence-electron chi connectivity index (χ2n) is 5.45. The smallest absolute Gasteiger partial charge is 0.183 e. The van der Waals surface area contributed by atoms with Gasteiger partial charge in [0.2, 0.25) is 0 Å². The number of hydrogen-bond acceptors (Lipinski definition) is 3. The minimum Gasteiger partial charge on any atom is -0.347 e. The molecule has 1 heterocycles. The van der Waals surface area contributed by atoms with Gasteiger partial charge in [-0.3, -0.25) is 4.79 Å². The topological polar surface area (TPSA) is 35.5 Å². The van der Waals surface area contributed by atoms with E-state index in [1.807, 2.05) is 37.3 Å². The molecule has 0 aliphatic carbocycles. The largest absolute Gasteiger partial charge is 0.347 e. The summed E-state index contributed by atoms with van der Waals surface area (Å²) in [5.74, 6) is 0.251. The molecule has 1 saturated heterocycles. The van der Waals surface area contributed by atoms with Gasteiger partial charge in [0.15, 0.2) is 6.29 Å². The Bertz CT molecular complexity index is 405. The number of ketones is 1. The van der Waals surface area contributed by atoms with Crippen LogP contribution in [0.4, 0.5) is 0 Å². The summed E-state index contributed by atoms with van der Waals surface area (Å²) >= 11 is 0. The highest BCUT2D eigenvalue weighted by Crippen LogP contribution is 2.33. The number of hydrogen-bond donors (Lipinski definition) is 0. The summed E-state index contributed by atoms with van der Waals surface area (Å²) in [7, 11) is 0. The molecule has 3 nitrogen and oxygen atoms in total. The van der Waals surface area contributed by atoms with E-state index in [0.717, 1.165) is 18.4 Å². The Hall–Kier alpha value is -1.19. The van der Waals surface area contributed by atoms with Crippen LogP contribution in [0.2, 0.25) is 0 Å². The lowest BCUT2D eigenvalue weighted by Gasteiger charge is -2.36. The Labute approximate surface area is 114 Å². The fraction of sp³-hybridized carbons (Fsp3) is 0.562. The van der Waals surface area contributed by atoms with Crippen molar-refractivity contribution in [3.63, 3.8) is 0 Å². The van der Waals surface area contributed by atoms with Crippen molar-refractivity contribution in [2.24, 2.45) is 5.41 Å². The quantitative estimate of drug-likeness (QED) is 0.814. The van der Waals surface area contributed by atoms with E-state index in [-0.39, 0.29) is 12.1 Å². The number of rotatable bonds is 5. The SMILES string of the molecule is CCCCC(=O)C1(C)COC(c2ccccc2)OC1. The molecule has 19 heavy (non-hydrogen) atoms. The highest BCUT2D eigenvalue weighted by atomic mass is 16.7. The Balaban J connectivity index is 1.93. The zero-order chi connectivity index (χ0) is 13.7. The predicted octanol–water partition coefficient (Wildman–Crippen LogP) is 3.50. The number of unbranched alkanes of at least 4 members (excludes halogenated alkanes) is 1. The molecule has 0 spiro atoms. The summed E-state index contributed by atoms with van der Waals surface area (Å²) in [6, 6.07) is 9.84. The van der Waals surface area contributed by atoms with Gasteiger partial charge in [0, 0.05) is 12.0 Å². The van der Waals surface area contributed by atoms with Crippen LogP contribution in [0.15, 0.2) is 30.3 Å². The van der Waals surface area contributed by atoms with Gasteiger partial charge < -0.3 is 9.47 Å². The first-order valence-electron chi connectivity index (χ1n) is 6.97. The Kier molecular flexibility index (Phi) is 4.72. The Morgan fingerprint density at radius 1 is 1.26 bits per heavy atom. The number of benzene rings is 1. The maximum absolute atomic E-state index is 12.2. The van der Waals surface area contributed by atoms with Gasteiger partial charge in [-0.2, -0.15) is 0 Å². The van der Waals surface area contributed by atoms with Crippen molar-refractivity contribution in [1.29, 1.82) is 0 Å². The predicted molar refractivity (Wildman–Crippen MR) is 73.7 cm³/mol. The lowest BCUT2D eigenvalue weighted by Crippen LogP contribution is -2.42. The fourth-order valence-electron chi connectivity index (χ4n) is 2.21. The van der Waals surface area contributed by atoms with Gasteiger partial charge in [-0.05, 0) is 13.3 Å². The monoisotopic (exact) mass is 262 g/mol. The Morgan fingerprint density at radius 2 is 1.89 bits per heavy atom. The van der Waals surface area contributed by atoms with Crippen LogP contribution >= 0.6 is 0 Å². The third-order valence-electron chi connectivity index (χ3n) is 3.61. The lowest BCUT2D eigenvalue weighted by atomic mass is 9.84. The molecule has 0 radical (unpaired) electrons. The summed E-state index contributed by atoms with van der Waals surface area (Å²) in [4.78, 5) is 12.2. The van der Waals surface area contributed by atoms with Crippen LogP contribution in [0.1, 0.15) is 45.0 Å². The van der Waals surface area contributed by atoms with E-state index in [1.165, 1.54) is 0 Å². The molecule has 0 unspecified atom stereocenters. The van der Waals surface area contributed by atoms with Crippen LogP contribution < -0.4 is 0 Å². The number of carbonyl (C=O) groups excluding carboxylic acids is 1. The van der Waals surface area contributed by atoms with Gasteiger partial charge in [-0.15, -0.1) is 0 Å². The molecule has 0 atom stereocenters. The van der Waals surface area contributed by atoms with Crippen molar-refractivity contribution in [1.82, 2.24) is 0 Å². The maximum atomic E-state index is 12.2. The van der Waals surface area contributed by atoms with Crippen LogP contribution in [-0.2, 0) is 14.3 Å². The number of Topliss-reactive ketones (excluding diaryl/α,β-unsaturated/α-hetero) is 1. The highest BCUT2D eigenvalue weighted by Gasteiger charge is 2.38. The van der Waals surface area contributed by atoms with Crippen LogP contribution in [0.3, 0.4) is 0 Å². The van der Waals surface area contributed by atoms with Crippen molar-refractivity contribution >= 4 is 5.78 Å². The van der Waals surface area contributed by atoms with Crippen LogP contribution in [0.5, 0.6) is 0 Å². The van der Waals surface area contributed by atoms with Gasteiger partial charge in [0.1, 0.15) is 5.78 Å². The van der Waals surface area contributed by atoms with E-state index in [0.29, 0.717) is 19.6 Å². The summed E-state index contributed by atoms with van der Waals surface area (Å²) in [6.07, 6.45) is 2.26. The van der Waals surface area contributed by atoms with E-state index in [1.54, 1.807) is 0 Å². The van der Waals surface area contributed by atoms with Crippen LogP contribution in [-0.4, -0.2) is 19.0 Å². The molecule has 1 aromatic rings. The highest BCUT2D eigenvalue weighted by molar-refractivity contribution is 5.84. The molecule has 2 rings (SSSR count). The molecule has 0 aromatic heterocycles. The summed E-state index contributed by atoms with van der Waals surface area (Å²) in [5, 5.41) is 0. The lowest BCUT2D eigenvalue weighted by molar-refractivity contribution is -0.227. The molecule has 1 aliphatic rings. The minimum absolute atomic E-state index is 0.251. The zero-order valence-corrected chi connectivity index (χ0v) is 11.7. The molecule has 0 bridgehead atoms. The minimum atomic E-state index is -0.486. The molecule has 0 N–H and O–H groups in total. The Morgan fingerprint density at radius 3 is 2.47 bits per heavy atom. The van der Waals surface area contributed by atoms with Crippen LogP contribution in [0, 0.1) is 5.41 Å². The summed E-state index contributed by atoms with van der Waals surface area (Å²) in [5.41, 5.74) is 0.519. The molecule has 1 aliphatic heterocycles. The first-order valence-corrected chi connectivity index (χ1v) is 6.97. The molecule has 1 aromatic carbocycles. The van der Waals surface area contributed by atoms with Gasteiger partial charge in [-0.25, -0.2) is 0 Å². The third kappa shape index (κ3) is 3.43. The molecule has 104 valence electrons. The molecule has 0 amide bonds. The van der Waals surface area contributed by atoms with E-state index < -0.39 is 5.41 Å². The van der Waals surface area contributed by atoms with E-state index in [4.69, 9.17) is 9.47 Å². The molecule has 0 saturated carbocycles. The second-order valence-corrected chi connectivity index (χ2v) is 5.45. The van der Waals surface area contributed by atoms with Gasteiger partial charge in [-0.1, -0.05) is 43.7 Å². The number of carbonyl (C=O) groups is 1. The van der Waals surface area contributed by atoms with E-state index in [2.05, 4.69) is 6.92 Å². The van der Waals surface area contributed by atoms with Gasteiger partial charge in [0.05, 0.1) is 18.6 Å². The molecule has 1 fully saturated rings. The number of ether oxygens (including phenoxy) is 2. The average Bonchev–Trinajstić information content (AvgIpc) is 2.46. The van der Waals surface area contributed by atoms with Crippen LogP contribution in [0.25, 0.3) is 0 Å². The fourth-order valence-corrected chi connectivity index (χ4v) is 2.21. The molecular weight excluding hydrogens is 240 g/mol. The average molecular weight is 262 g/mol. The third-order valence-corrected chi connectivity index (χ3v) is 3.61. The van der Waals surface area contributed by atoms with E-state index in [9.17, 15) is 4.79 Å². The van der Waals surface area contributed by atoms with Crippen molar-refractivity contribution in [3.05, 3.63) is 35.9 Å². The standard InChI is InChI=1S/C16H22O3/c1-3-4-10-14(17)16(2)11-18-15(19-12-16)13-8-6-5-7-9-13/h5-9,15H,3-4,10-12H2,1-2H3. The normalized spacial score (nSPS) is 27.2. The zero-order valence-electron chi connectivity index (χ0n) is 11.7. The van der Waals surface area contributed by atoms with E-state index >= 15 is 0 Å². The van der Waals surface area contributed by atoms with Crippen molar-refractivity contribution in [2.45, 2.75) is 39.4 Å². The summed E-state index contributed by atoms with van der Waals surface area (Å²) < 4.78 is 11.5. The van der Waals surface area contributed by atoms with Gasteiger partial charge >= 0.3 is 0 Å². The first-order chi connectivity index (χ1) is 9.15. The van der Waals surface area contributed by atoms with Gasteiger partial charge in [0.25, 0.3) is 0 Å². The van der Waals surface area contributed by atoms with Crippen molar-refractivity contribution in [3.8, 4) is 0 Å². The van der Waals surface area contributed by atoms with Crippen molar-refractivity contribution in [2.75, 3.05) is 13.2 Å².